The summed E-state index contributed by atoms with van der Waals surface area (Å²) < 4.78 is 0. The van der Waals surface area contributed by atoms with Gasteiger partial charge in [-0.3, -0.25) is 0 Å². The summed E-state index contributed by atoms with van der Waals surface area (Å²) in [6, 6.07) is 0.0880. The molecule has 0 aromatic rings. The van der Waals surface area contributed by atoms with Crippen LogP contribution >= 0.6 is 0 Å². The smallest absolute Gasteiger partial charge is 0.0691 e. The van der Waals surface area contributed by atoms with E-state index < -0.39 is 0 Å². The molecule has 0 spiro atoms. The van der Waals surface area contributed by atoms with Crippen LogP contribution in [0.25, 0.3) is 0 Å². The van der Waals surface area contributed by atoms with E-state index in [4.69, 9.17) is 10.8 Å². The first-order chi connectivity index (χ1) is 2.80. The van der Waals surface area contributed by atoms with E-state index in [9.17, 15) is 0 Å². The minimum Gasteiger partial charge on any atom is -0.392 e. The molecule has 1 aliphatic rings. The molecule has 2 nitrogen and oxygen atoms in total. The van der Waals surface area contributed by atoms with Gasteiger partial charge in [-0.25, -0.2) is 0 Å². The summed E-state index contributed by atoms with van der Waals surface area (Å²) in [7, 11) is 0. The van der Waals surface area contributed by atoms with Crippen molar-refractivity contribution in [3.63, 3.8) is 0 Å². The first kappa shape index (κ1) is 4.09. The molecule has 3 N–H and O–H groups in total. The standard InChI is InChI=1S/C4H9NO/c5-3-1-2-4(3)6/h3-4,6H,1-2,5H2/t3-,4+/m0/s1. The van der Waals surface area contributed by atoms with Crippen LogP contribution in [0.2, 0.25) is 0 Å². The molecule has 0 unspecified atom stereocenters. The van der Waals surface area contributed by atoms with Crippen LogP contribution in [-0.2, 0) is 0 Å². The van der Waals surface area contributed by atoms with Crippen molar-refractivity contribution in [2.75, 3.05) is 0 Å². The van der Waals surface area contributed by atoms with E-state index in [0.29, 0.717) is 0 Å². The van der Waals surface area contributed by atoms with Gasteiger partial charge in [0.05, 0.1) is 6.10 Å². The van der Waals surface area contributed by atoms with Crippen molar-refractivity contribution in [2.24, 2.45) is 5.73 Å². The summed E-state index contributed by atoms with van der Waals surface area (Å²) in [5.41, 5.74) is 5.27. The van der Waals surface area contributed by atoms with Gasteiger partial charge >= 0.3 is 0 Å². The zero-order valence-electron chi connectivity index (χ0n) is 3.59. The fourth-order valence-electron chi connectivity index (χ4n) is 0.508. The second-order valence-corrected chi connectivity index (χ2v) is 1.81. The van der Waals surface area contributed by atoms with Crippen molar-refractivity contribution < 1.29 is 5.11 Å². The summed E-state index contributed by atoms with van der Waals surface area (Å²) in [6.07, 6.45) is 1.72. The second-order valence-electron chi connectivity index (χ2n) is 1.81. The van der Waals surface area contributed by atoms with Crippen molar-refractivity contribution in [1.82, 2.24) is 0 Å². The van der Waals surface area contributed by atoms with Crippen molar-refractivity contribution >= 4 is 0 Å². The second kappa shape index (κ2) is 1.21. The Morgan fingerprint density at radius 1 is 1.50 bits per heavy atom. The van der Waals surface area contributed by atoms with Crippen molar-refractivity contribution in [3.05, 3.63) is 0 Å². The number of hydrogen-bond acceptors (Lipinski definition) is 2. The van der Waals surface area contributed by atoms with E-state index in [2.05, 4.69) is 0 Å². The summed E-state index contributed by atoms with van der Waals surface area (Å²) in [5.74, 6) is 0. The molecular formula is C4H9NO. The van der Waals surface area contributed by atoms with E-state index in [0.717, 1.165) is 12.8 Å². The van der Waals surface area contributed by atoms with E-state index in [1.54, 1.807) is 0 Å². The van der Waals surface area contributed by atoms with E-state index >= 15 is 0 Å². The highest BCUT2D eigenvalue weighted by atomic mass is 16.3. The maximum absolute atomic E-state index is 8.59. The molecular weight excluding hydrogens is 78.0 g/mol. The zero-order chi connectivity index (χ0) is 4.57. The number of aliphatic hydroxyl groups excluding tert-OH is 1. The van der Waals surface area contributed by atoms with Crippen LogP contribution in [0.3, 0.4) is 0 Å². The van der Waals surface area contributed by atoms with Crippen molar-refractivity contribution in [1.29, 1.82) is 0 Å². The molecule has 6 heavy (non-hydrogen) atoms. The van der Waals surface area contributed by atoms with Gasteiger partial charge in [-0.2, -0.15) is 0 Å². The van der Waals surface area contributed by atoms with E-state index in [-0.39, 0.29) is 12.1 Å². The van der Waals surface area contributed by atoms with Gasteiger partial charge in [0.1, 0.15) is 0 Å². The maximum Gasteiger partial charge on any atom is 0.0691 e. The molecule has 2 heteroatoms. The van der Waals surface area contributed by atoms with Gasteiger partial charge in [-0.05, 0) is 12.8 Å². The lowest BCUT2D eigenvalue weighted by molar-refractivity contribution is 0.0693. The third-order valence-electron chi connectivity index (χ3n) is 1.29. The van der Waals surface area contributed by atoms with Crippen LogP contribution in [0.5, 0.6) is 0 Å². The molecule has 1 rings (SSSR count). The van der Waals surface area contributed by atoms with Crippen LogP contribution < -0.4 is 5.73 Å². The van der Waals surface area contributed by atoms with E-state index in [1.807, 2.05) is 0 Å². The molecule has 0 heterocycles. The topological polar surface area (TPSA) is 46.2 Å². The molecule has 0 aliphatic heterocycles. The lowest BCUT2D eigenvalue weighted by atomic mass is 9.90. The number of nitrogens with two attached hydrogens (primary N) is 1. The normalized spacial score (nSPS) is 45.0. The van der Waals surface area contributed by atoms with Gasteiger partial charge < -0.3 is 10.8 Å². The number of rotatable bonds is 0. The fraction of sp³-hybridized carbons (Fsp3) is 1.00. The van der Waals surface area contributed by atoms with Crippen molar-refractivity contribution in [2.45, 2.75) is 25.0 Å². The van der Waals surface area contributed by atoms with Gasteiger partial charge in [-0.15, -0.1) is 0 Å². The van der Waals surface area contributed by atoms with Crippen LogP contribution in [0.15, 0.2) is 0 Å². The maximum atomic E-state index is 8.59. The Morgan fingerprint density at radius 3 is 2.00 bits per heavy atom. The Kier molecular flexibility index (Phi) is 0.821. The Labute approximate surface area is 37.0 Å². The molecule has 0 aromatic carbocycles. The minimum atomic E-state index is -0.190. The summed E-state index contributed by atoms with van der Waals surface area (Å²) in [4.78, 5) is 0. The van der Waals surface area contributed by atoms with Crippen molar-refractivity contribution in [3.8, 4) is 0 Å². The third-order valence-corrected chi connectivity index (χ3v) is 1.29. The summed E-state index contributed by atoms with van der Waals surface area (Å²) in [6.45, 7) is 0. The Morgan fingerprint density at radius 2 is 2.00 bits per heavy atom. The van der Waals surface area contributed by atoms with Gasteiger partial charge in [0.15, 0.2) is 0 Å². The highest BCUT2D eigenvalue weighted by Crippen LogP contribution is 2.15. The SMILES string of the molecule is N[C@H]1CC[C@H]1O. The zero-order valence-corrected chi connectivity index (χ0v) is 3.59. The molecule has 1 aliphatic carbocycles. The lowest BCUT2D eigenvalue weighted by Crippen LogP contribution is -2.43. The lowest BCUT2D eigenvalue weighted by Gasteiger charge is -2.27. The summed E-state index contributed by atoms with van der Waals surface area (Å²) in [5, 5.41) is 8.59. The molecule has 1 fully saturated rings. The number of hydrogen-bond donors (Lipinski definition) is 2. The van der Waals surface area contributed by atoms with Crippen LogP contribution in [0.1, 0.15) is 12.8 Å². The third kappa shape index (κ3) is 0.420. The molecule has 0 amide bonds. The van der Waals surface area contributed by atoms with Gasteiger partial charge in [-0.1, -0.05) is 0 Å². The fourth-order valence-corrected chi connectivity index (χ4v) is 0.508. The molecule has 0 radical (unpaired) electrons. The van der Waals surface area contributed by atoms with E-state index in [1.165, 1.54) is 0 Å². The average Bonchev–Trinajstić information content (AvgIpc) is 1.61. The molecule has 0 aromatic heterocycles. The predicted octanol–water partition coefficient (Wildman–Crippen LogP) is -0.532. The molecule has 1 saturated carbocycles. The number of aliphatic hydroxyl groups is 1. The molecule has 36 valence electrons. The van der Waals surface area contributed by atoms with Crippen LogP contribution in [0, 0.1) is 0 Å². The molecule has 0 bridgehead atoms. The van der Waals surface area contributed by atoms with Gasteiger partial charge in [0.25, 0.3) is 0 Å². The Hall–Kier alpha value is -0.0800. The first-order valence-electron chi connectivity index (χ1n) is 2.24. The predicted molar refractivity (Wildman–Crippen MR) is 23.2 cm³/mol. The van der Waals surface area contributed by atoms with Gasteiger partial charge in [0, 0.05) is 6.04 Å². The van der Waals surface area contributed by atoms with Gasteiger partial charge in [0.2, 0.25) is 0 Å². The monoisotopic (exact) mass is 87.1 g/mol. The highest BCUT2D eigenvalue weighted by Gasteiger charge is 2.23. The molecule has 0 saturated heterocycles. The Bertz CT molecular complexity index is 47.5. The highest BCUT2D eigenvalue weighted by molar-refractivity contribution is 4.82. The molecule has 2 atom stereocenters. The largest absolute Gasteiger partial charge is 0.392 e. The summed E-state index contributed by atoms with van der Waals surface area (Å²) >= 11 is 0. The Balaban J connectivity index is 2.20. The quantitative estimate of drug-likeness (QED) is 0.417. The van der Waals surface area contributed by atoms with Crippen LogP contribution in [-0.4, -0.2) is 17.3 Å². The first-order valence-corrected chi connectivity index (χ1v) is 2.24. The van der Waals surface area contributed by atoms with Crippen LogP contribution in [0.4, 0.5) is 0 Å². The average molecular weight is 87.1 g/mol. The minimum absolute atomic E-state index is 0.0880.